The van der Waals surface area contributed by atoms with Gasteiger partial charge in [0, 0.05) is 37.1 Å². The van der Waals surface area contributed by atoms with E-state index < -0.39 is 18.2 Å². The number of fused-ring (bicyclic) bond motifs is 3. The highest BCUT2D eigenvalue weighted by Crippen LogP contribution is 2.38. The van der Waals surface area contributed by atoms with Crippen molar-refractivity contribution in [1.82, 2.24) is 19.4 Å². The summed E-state index contributed by atoms with van der Waals surface area (Å²) in [5.74, 6) is -0.369. The van der Waals surface area contributed by atoms with Crippen LogP contribution in [0.2, 0.25) is 0 Å². The number of aryl methyl sites for hydroxylation is 1. The summed E-state index contributed by atoms with van der Waals surface area (Å²) >= 11 is 1.35. The van der Waals surface area contributed by atoms with Crippen LogP contribution in [0, 0.1) is 12.7 Å². The molecular weight excluding hydrogens is 489 g/mol. The highest BCUT2D eigenvalue weighted by Gasteiger charge is 2.43. The average molecular weight is 518 g/mol. The number of ether oxygens (including phenoxy) is 3. The van der Waals surface area contributed by atoms with Crippen LogP contribution in [0.4, 0.5) is 10.3 Å². The molecule has 0 saturated carbocycles. The van der Waals surface area contributed by atoms with Gasteiger partial charge in [0.15, 0.2) is 12.1 Å². The number of nitrogens with one attached hydrogen (secondary N) is 1. The van der Waals surface area contributed by atoms with Crippen LogP contribution in [-0.4, -0.2) is 82.0 Å². The summed E-state index contributed by atoms with van der Waals surface area (Å²) in [5.41, 5.74) is 1.61. The number of morpholine rings is 1. The maximum absolute atomic E-state index is 15.0. The van der Waals surface area contributed by atoms with Gasteiger partial charge in [-0.1, -0.05) is 0 Å². The smallest absolute Gasteiger partial charge is 0.259 e. The fraction of sp³-hybridized carbons (Fsp3) is 0.542. The number of nitrogens with zero attached hydrogens (tertiary/aromatic N) is 4. The molecule has 0 aliphatic carbocycles. The molecule has 0 amide bonds. The van der Waals surface area contributed by atoms with Crippen LogP contribution in [0.1, 0.15) is 17.7 Å². The quantitative estimate of drug-likeness (QED) is 0.522. The molecular formula is C24H28FN5O5S. The molecule has 0 radical (unpaired) electrons. The molecule has 6 rings (SSSR count). The predicted molar refractivity (Wildman–Crippen MR) is 132 cm³/mol. The fourth-order valence-electron chi connectivity index (χ4n) is 5.11. The Morgan fingerprint density at radius 1 is 1.33 bits per heavy atom. The monoisotopic (exact) mass is 517 g/mol. The summed E-state index contributed by atoms with van der Waals surface area (Å²) in [4.78, 5) is 24.7. The minimum absolute atomic E-state index is 0.107. The fourth-order valence-corrected chi connectivity index (χ4v) is 6.36. The van der Waals surface area contributed by atoms with Crippen LogP contribution >= 0.6 is 11.3 Å². The van der Waals surface area contributed by atoms with E-state index in [-0.39, 0.29) is 29.3 Å². The standard InChI is InChI=1S/C24H28FN5O5S/c1-12-18-17(7-13(29(2)22(18)32)10-30-3-5-33-6-4-30)36-21(12)19-15(25)9-26-24(28-19)27-16-8-14-11-34-23(35-14)20(16)31/h7,9,14,16,20,23,31H,3-6,8,10-11H2,1-2H3,(H,26,27,28)/t14-,16+,20-,23+/m0/s1. The highest BCUT2D eigenvalue weighted by molar-refractivity contribution is 7.22. The number of halogens is 1. The van der Waals surface area contributed by atoms with Gasteiger partial charge in [0.2, 0.25) is 5.95 Å². The van der Waals surface area contributed by atoms with Gasteiger partial charge in [-0.25, -0.2) is 14.4 Å². The largest absolute Gasteiger partial charge is 0.386 e. The van der Waals surface area contributed by atoms with E-state index in [2.05, 4.69) is 20.2 Å². The molecule has 0 aromatic carbocycles. The van der Waals surface area contributed by atoms with Gasteiger partial charge in [-0.3, -0.25) is 9.69 Å². The van der Waals surface area contributed by atoms with Crippen molar-refractivity contribution in [2.45, 2.75) is 44.4 Å². The summed E-state index contributed by atoms with van der Waals surface area (Å²) < 4.78 is 33.9. The number of aliphatic hydroxyl groups is 1. The van der Waals surface area contributed by atoms with E-state index in [9.17, 15) is 14.3 Å². The number of pyridine rings is 1. The van der Waals surface area contributed by atoms with Crippen LogP contribution in [0.5, 0.6) is 0 Å². The SMILES string of the molecule is Cc1c(-c2nc(N[C@@H]3C[C@H]4CO[C@H](O4)[C@H]3O)ncc2F)sc2cc(CN3CCOCC3)n(C)c(=O)c12. The lowest BCUT2D eigenvalue weighted by Crippen LogP contribution is -2.48. The van der Waals surface area contributed by atoms with E-state index >= 15 is 0 Å². The Morgan fingerprint density at radius 3 is 2.94 bits per heavy atom. The molecule has 3 aliphatic heterocycles. The van der Waals surface area contributed by atoms with Crippen molar-refractivity contribution < 1.29 is 23.7 Å². The Balaban J connectivity index is 1.33. The van der Waals surface area contributed by atoms with Crippen molar-refractivity contribution in [3.63, 3.8) is 0 Å². The molecule has 2 bridgehead atoms. The van der Waals surface area contributed by atoms with E-state index in [0.29, 0.717) is 48.6 Å². The first kappa shape index (κ1) is 23.9. The van der Waals surface area contributed by atoms with Crippen molar-refractivity contribution in [1.29, 1.82) is 0 Å². The maximum Gasteiger partial charge on any atom is 0.259 e. The average Bonchev–Trinajstić information content (AvgIpc) is 3.43. The Hall–Kier alpha value is -2.48. The number of rotatable bonds is 5. The topological polar surface area (TPSA) is 111 Å². The number of thiophene rings is 1. The Kier molecular flexibility index (Phi) is 6.26. The molecule has 192 valence electrons. The molecule has 12 heteroatoms. The third-order valence-corrected chi connectivity index (χ3v) is 8.41. The molecule has 36 heavy (non-hydrogen) atoms. The summed E-state index contributed by atoms with van der Waals surface area (Å²) in [6.07, 6.45) is -0.0394. The molecule has 0 spiro atoms. The number of anilines is 1. The van der Waals surface area contributed by atoms with E-state index in [1.807, 2.05) is 13.0 Å². The predicted octanol–water partition coefficient (Wildman–Crippen LogP) is 1.62. The van der Waals surface area contributed by atoms with Crippen molar-refractivity contribution in [3.8, 4) is 10.6 Å². The van der Waals surface area contributed by atoms with E-state index in [1.165, 1.54) is 11.3 Å². The first-order valence-corrected chi connectivity index (χ1v) is 12.9. The second kappa shape index (κ2) is 9.43. The minimum Gasteiger partial charge on any atom is -0.386 e. The third-order valence-electron chi connectivity index (χ3n) is 7.16. The molecule has 6 heterocycles. The summed E-state index contributed by atoms with van der Waals surface area (Å²) in [5, 5.41) is 14.2. The van der Waals surface area contributed by atoms with Crippen molar-refractivity contribution in [3.05, 3.63) is 39.7 Å². The van der Waals surface area contributed by atoms with Crippen LogP contribution in [0.15, 0.2) is 17.1 Å². The van der Waals surface area contributed by atoms with Crippen molar-refractivity contribution >= 4 is 27.4 Å². The van der Waals surface area contributed by atoms with Crippen LogP contribution < -0.4 is 10.9 Å². The van der Waals surface area contributed by atoms with Gasteiger partial charge in [-0.2, -0.15) is 0 Å². The molecule has 3 aliphatic rings. The van der Waals surface area contributed by atoms with Crippen LogP contribution in [-0.2, 0) is 27.8 Å². The molecule has 2 N–H and O–H groups in total. The van der Waals surface area contributed by atoms with E-state index in [0.717, 1.165) is 29.7 Å². The van der Waals surface area contributed by atoms with Crippen LogP contribution in [0.25, 0.3) is 20.7 Å². The minimum atomic E-state index is -0.889. The van der Waals surface area contributed by atoms with Gasteiger partial charge >= 0.3 is 0 Å². The number of aromatic nitrogens is 3. The molecule has 10 nitrogen and oxygen atoms in total. The van der Waals surface area contributed by atoms with E-state index in [4.69, 9.17) is 14.2 Å². The lowest BCUT2D eigenvalue weighted by atomic mass is 10.0. The van der Waals surface area contributed by atoms with Crippen molar-refractivity contribution in [2.24, 2.45) is 7.05 Å². The second-order valence-electron chi connectivity index (χ2n) is 9.51. The van der Waals surface area contributed by atoms with E-state index in [1.54, 1.807) is 11.6 Å². The van der Waals surface area contributed by atoms with Gasteiger partial charge < -0.3 is 29.2 Å². The normalized spacial score (nSPS) is 26.6. The zero-order valence-electron chi connectivity index (χ0n) is 20.1. The first-order chi connectivity index (χ1) is 17.4. The second-order valence-corrected chi connectivity index (χ2v) is 10.6. The molecule has 3 saturated heterocycles. The number of aliphatic hydroxyl groups excluding tert-OH is 1. The molecule has 3 fully saturated rings. The zero-order chi connectivity index (χ0) is 25.0. The summed E-state index contributed by atoms with van der Waals surface area (Å²) in [6.45, 7) is 5.90. The summed E-state index contributed by atoms with van der Waals surface area (Å²) in [6, 6.07) is 1.63. The molecule has 3 aromatic rings. The molecule has 0 unspecified atom stereocenters. The Bertz CT molecular complexity index is 1360. The maximum atomic E-state index is 15.0. The third kappa shape index (κ3) is 4.21. The lowest BCUT2D eigenvalue weighted by Gasteiger charge is -2.32. The lowest BCUT2D eigenvalue weighted by molar-refractivity contribution is -0.156. The van der Waals surface area contributed by atoms with Gasteiger partial charge in [-0.15, -0.1) is 11.3 Å². The van der Waals surface area contributed by atoms with Crippen LogP contribution in [0.3, 0.4) is 0 Å². The first-order valence-electron chi connectivity index (χ1n) is 12.1. The van der Waals surface area contributed by atoms with Gasteiger partial charge in [-0.05, 0) is 25.0 Å². The van der Waals surface area contributed by atoms with Gasteiger partial charge in [0.05, 0.1) is 48.4 Å². The number of hydrogen-bond acceptors (Lipinski definition) is 10. The van der Waals surface area contributed by atoms with Crippen molar-refractivity contribution in [2.75, 3.05) is 38.2 Å². The zero-order valence-corrected chi connectivity index (χ0v) is 20.9. The van der Waals surface area contributed by atoms with Gasteiger partial charge in [0.1, 0.15) is 11.8 Å². The Labute approximate surface area is 210 Å². The molecule has 3 aromatic heterocycles. The highest BCUT2D eigenvalue weighted by atomic mass is 32.1. The summed E-state index contributed by atoms with van der Waals surface area (Å²) in [7, 11) is 1.78. The number of hydrogen-bond donors (Lipinski definition) is 2. The van der Waals surface area contributed by atoms with Gasteiger partial charge in [0.25, 0.3) is 5.56 Å². The molecule has 4 atom stereocenters. The Morgan fingerprint density at radius 2 is 2.14 bits per heavy atom.